The Labute approximate surface area is 121 Å². The lowest BCUT2D eigenvalue weighted by atomic mass is 9.94. The molecule has 0 fully saturated rings. The van der Waals surface area contributed by atoms with E-state index < -0.39 is 17.5 Å². The van der Waals surface area contributed by atoms with E-state index in [1.807, 2.05) is 24.3 Å². The van der Waals surface area contributed by atoms with E-state index in [0.29, 0.717) is 13.0 Å². The van der Waals surface area contributed by atoms with E-state index in [1.165, 1.54) is 0 Å². The number of nitrogens with one attached hydrogen (secondary N) is 2. The van der Waals surface area contributed by atoms with Crippen molar-refractivity contribution in [2.24, 2.45) is 0 Å². The van der Waals surface area contributed by atoms with Crippen LogP contribution in [0.15, 0.2) is 24.3 Å². The standard InChI is InChI=1S/C15H16N2O4/c1-2-21-14(19)15(20)12-10(7-8-16-13(15)18)9-5-3-4-6-11(9)17-12/h3-6,17,20H,2,7-8H2,1H3,(H,16,18). The molecular formula is C15H16N2O4. The Balaban J connectivity index is 2.25. The number of benzene rings is 1. The van der Waals surface area contributed by atoms with Crippen LogP contribution in [0.1, 0.15) is 18.2 Å². The number of fused-ring (bicyclic) bond motifs is 3. The summed E-state index contributed by atoms with van der Waals surface area (Å²) in [6.07, 6.45) is 0.535. The van der Waals surface area contributed by atoms with Gasteiger partial charge >= 0.3 is 5.97 Å². The highest BCUT2D eigenvalue weighted by Crippen LogP contribution is 2.33. The van der Waals surface area contributed by atoms with Gasteiger partial charge in [-0.25, -0.2) is 4.79 Å². The number of esters is 1. The molecule has 21 heavy (non-hydrogen) atoms. The topological polar surface area (TPSA) is 91.4 Å². The van der Waals surface area contributed by atoms with Crippen molar-refractivity contribution in [3.8, 4) is 0 Å². The average Bonchev–Trinajstić information content (AvgIpc) is 2.80. The number of rotatable bonds is 2. The number of carbonyl (C=O) groups is 2. The van der Waals surface area contributed by atoms with Crippen molar-refractivity contribution in [3.05, 3.63) is 35.5 Å². The molecule has 110 valence electrons. The van der Waals surface area contributed by atoms with Crippen LogP contribution in [0.2, 0.25) is 0 Å². The summed E-state index contributed by atoms with van der Waals surface area (Å²) < 4.78 is 4.89. The maximum Gasteiger partial charge on any atom is 0.354 e. The van der Waals surface area contributed by atoms with Gasteiger partial charge < -0.3 is 20.1 Å². The fourth-order valence-electron chi connectivity index (χ4n) is 2.74. The van der Waals surface area contributed by atoms with Crippen molar-refractivity contribution in [2.75, 3.05) is 13.2 Å². The molecule has 2 heterocycles. The molecule has 6 nitrogen and oxygen atoms in total. The Hall–Kier alpha value is -2.34. The Kier molecular flexibility index (Phi) is 3.17. The minimum Gasteiger partial charge on any atom is -0.463 e. The van der Waals surface area contributed by atoms with Gasteiger partial charge in [-0.2, -0.15) is 0 Å². The normalized spacial score (nSPS) is 21.5. The molecule has 0 spiro atoms. The monoisotopic (exact) mass is 288 g/mol. The molecule has 1 amide bonds. The van der Waals surface area contributed by atoms with Gasteiger partial charge in [-0.15, -0.1) is 0 Å². The molecule has 0 aliphatic carbocycles. The van der Waals surface area contributed by atoms with E-state index in [0.717, 1.165) is 16.5 Å². The lowest BCUT2D eigenvalue weighted by molar-refractivity contribution is -0.172. The number of para-hydroxylation sites is 1. The summed E-state index contributed by atoms with van der Waals surface area (Å²) in [5, 5.41) is 14.2. The average molecular weight is 288 g/mol. The van der Waals surface area contributed by atoms with Crippen LogP contribution in [0.5, 0.6) is 0 Å². The molecule has 3 N–H and O–H groups in total. The number of ether oxygens (including phenoxy) is 1. The molecule has 0 bridgehead atoms. The fourth-order valence-corrected chi connectivity index (χ4v) is 2.74. The minimum atomic E-state index is -2.33. The van der Waals surface area contributed by atoms with Crippen molar-refractivity contribution >= 4 is 22.8 Å². The van der Waals surface area contributed by atoms with Crippen LogP contribution in [0, 0.1) is 0 Å². The van der Waals surface area contributed by atoms with E-state index in [9.17, 15) is 14.7 Å². The first kappa shape index (κ1) is 13.6. The first-order valence-electron chi connectivity index (χ1n) is 6.87. The van der Waals surface area contributed by atoms with Gasteiger partial charge in [-0.05, 0) is 25.0 Å². The predicted molar refractivity (Wildman–Crippen MR) is 75.5 cm³/mol. The highest BCUT2D eigenvalue weighted by Gasteiger charge is 2.51. The Bertz CT molecular complexity index is 722. The quantitative estimate of drug-likeness (QED) is 0.557. The molecule has 6 heteroatoms. The van der Waals surface area contributed by atoms with E-state index in [4.69, 9.17) is 4.74 Å². The van der Waals surface area contributed by atoms with Crippen molar-refractivity contribution in [2.45, 2.75) is 18.9 Å². The highest BCUT2D eigenvalue weighted by molar-refractivity contribution is 6.08. The Morgan fingerprint density at radius 3 is 2.95 bits per heavy atom. The fraction of sp³-hybridized carbons (Fsp3) is 0.333. The molecule has 0 saturated heterocycles. The van der Waals surface area contributed by atoms with Crippen LogP contribution < -0.4 is 5.32 Å². The molecular weight excluding hydrogens is 272 g/mol. The molecule has 1 aliphatic rings. The van der Waals surface area contributed by atoms with Gasteiger partial charge in [-0.3, -0.25) is 4.79 Å². The third-order valence-corrected chi connectivity index (χ3v) is 3.74. The van der Waals surface area contributed by atoms with Crippen LogP contribution in [0.25, 0.3) is 10.9 Å². The number of H-pyrrole nitrogens is 1. The number of amides is 1. The molecule has 1 unspecified atom stereocenters. The van der Waals surface area contributed by atoms with Gasteiger partial charge in [0.2, 0.25) is 0 Å². The SMILES string of the molecule is CCOC(=O)C1(O)C(=O)NCCc2c1[nH]c1ccccc21. The second-order valence-electron chi connectivity index (χ2n) is 4.96. The third kappa shape index (κ3) is 1.91. The van der Waals surface area contributed by atoms with Crippen LogP contribution in [-0.2, 0) is 26.3 Å². The maximum absolute atomic E-state index is 12.2. The molecule has 2 aromatic rings. The highest BCUT2D eigenvalue weighted by atomic mass is 16.5. The van der Waals surface area contributed by atoms with E-state index in [2.05, 4.69) is 10.3 Å². The van der Waals surface area contributed by atoms with Gasteiger partial charge in [0.25, 0.3) is 11.5 Å². The second-order valence-corrected chi connectivity index (χ2v) is 4.96. The van der Waals surface area contributed by atoms with Crippen LogP contribution in [-0.4, -0.2) is 35.1 Å². The van der Waals surface area contributed by atoms with Gasteiger partial charge in [0, 0.05) is 17.4 Å². The third-order valence-electron chi connectivity index (χ3n) is 3.74. The zero-order chi connectivity index (χ0) is 15.0. The zero-order valence-electron chi connectivity index (χ0n) is 11.6. The summed E-state index contributed by atoms with van der Waals surface area (Å²) >= 11 is 0. The number of aliphatic hydroxyl groups is 1. The lowest BCUT2D eigenvalue weighted by Crippen LogP contribution is -2.50. The largest absolute Gasteiger partial charge is 0.463 e. The molecule has 3 rings (SSSR count). The predicted octanol–water partition coefficient (Wildman–Crippen LogP) is 0.591. The summed E-state index contributed by atoms with van der Waals surface area (Å²) in [4.78, 5) is 27.4. The van der Waals surface area contributed by atoms with Crippen molar-refractivity contribution in [3.63, 3.8) is 0 Å². The van der Waals surface area contributed by atoms with Crippen molar-refractivity contribution in [1.82, 2.24) is 10.3 Å². The molecule has 0 radical (unpaired) electrons. The summed E-state index contributed by atoms with van der Waals surface area (Å²) in [5.74, 6) is -1.72. The Morgan fingerprint density at radius 2 is 2.19 bits per heavy atom. The van der Waals surface area contributed by atoms with Crippen LogP contribution in [0.4, 0.5) is 0 Å². The molecule has 1 aliphatic heterocycles. The Morgan fingerprint density at radius 1 is 1.43 bits per heavy atom. The minimum absolute atomic E-state index is 0.0873. The summed E-state index contributed by atoms with van der Waals surface area (Å²) in [6, 6.07) is 7.46. The first-order chi connectivity index (χ1) is 10.1. The van der Waals surface area contributed by atoms with Crippen molar-refractivity contribution in [1.29, 1.82) is 0 Å². The smallest absolute Gasteiger partial charge is 0.354 e. The lowest BCUT2D eigenvalue weighted by Gasteiger charge is -2.22. The van der Waals surface area contributed by atoms with Gasteiger partial charge in [0.15, 0.2) is 0 Å². The van der Waals surface area contributed by atoms with E-state index >= 15 is 0 Å². The maximum atomic E-state index is 12.2. The summed E-state index contributed by atoms with van der Waals surface area (Å²) in [6.45, 7) is 2.07. The first-order valence-corrected chi connectivity index (χ1v) is 6.87. The van der Waals surface area contributed by atoms with Crippen LogP contribution in [0.3, 0.4) is 0 Å². The van der Waals surface area contributed by atoms with Crippen LogP contribution >= 0.6 is 0 Å². The number of hydrogen-bond donors (Lipinski definition) is 3. The number of aromatic nitrogens is 1. The molecule has 1 aromatic heterocycles. The molecule has 1 atom stereocenters. The van der Waals surface area contributed by atoms with Gasteiger partial charge in [0.1, 0.15) is 0 Å². The van der Waals surface area contributed by atoms with E-state index in [1.54, 1.807) is 6.92 Å². The molecule has 0 saturated carbocycles. The summed E-state index contributed by atoms with van der Waals surface area (Å²) in [7, 11) is 0. The number of aromatic amines is 1. The van der Waals surface area contributed by atoms with Gasteiger partial charge in [0.05, 0.1) is 12.3 Å². The molecule has 1 aromatic carbocycles. The van der Waals surface area contributed by atoms with Gasteiger partial charge in [-0.1, -0.05) is 18.2 Å². The number of carbonyl (C=O) groups excluding carboxylic acids is 2. The number of hydrogen-bond acceptors (Lipinski definition) is 4. The second kappa shape index (κ2) is 4.89. The van der Waals surface area contributed by atoms with Crippen molar-refractivity contribution < 1.29 is 19.4 Å². The van der Waals surface area contributed by atoms with E-state index in [-0.39, 0.29) is 12.3 Å². The zero-order valence-corrected chi connectivity index (χ0v) is 11.6. The summed E-state index contributed by atoms with van der Waals surface area (Å²) in [5.41, 5.74) is -0.586.